The van der Waals surface area contributed by atoms with E-state index in [1.807, 2.05) is 66.0 Å². The molecule has 0 spiro atoms. The molecule has 3 aromatic rings. The van der Waals surface area contributed by atoms with Gasteiger partial charge in [0.2, 0.25) is 5.91 Å². The van der Waals surface area contributed by atoms with Crippen LogP contribution in [0.15, 0.2) is 70.9 Å². The van der Waals surface area contributed by atoms with Crippen molar-refractivity contribution >= 4 is 46.3 Å². The average Bonchev–Trinajstić information content (AvgIpc) is 3.08. The maximum atomic E-state index is 12.2. The van der Waals surface area contributed by atoms with E-state index < -0.39 is 0 Å². The number of carbonyl (C=O) groups excluding carboxylic acids is 1. The molecule has 24 heavy (non-hydrogen) atoms. The third-order valence-electron chi connectivity index (χ3n) is 3.38. The van der Waals surface area contributed by atoms with E-state index in [1.54, 1.807) is 23.1 Å². The zero-order valence-electron chi connectivity index (χ0n) is 12.9. The molecular weight excluding hydrogens is 358 g/mol. The molecule has 0 atom stereocenters. The van der Waals surface area contributed by atoms with E-state index in [1.165, 1.54) is 5.56 Å². The highest BCUT2D eigenvalue weighted by Crippen LogP contribution is 2.30. The molecule has 0 saturated heterocycles. The first kappa shape index (κ1) is 17.1. The van der Waals surface area contributed by atoms with Gasteiger partial charge in [0.15, 0.2) is 0 Å². The van der Waals surface area contributed by atoms with E-state index in [2.05, 4.69) is 5.32 Å². The Morgan fingerprint density at radius 1 is 1.04 bits per heavy atom. The lowest BCUT2D eigenvalue weighted by molar-refractivity contribution is -0.115. The molecule has 1 amide bonds. The Morgan fingerprint density at radius 2 is 1.83 bits per heavy atom. The molecule has 0 fully saturated rings. The summed E-state index contributed by atoms with van der Waals surface area (Å²) in [4.78, 5) is 14.3. The van der Waals surface area contributed by atoms with Gasteiger partial charge in [-0.05, 0) is 41.3 Å². The molecule has 0 aliphatic heterocycles. The Hall–Kier alpha value is -1.75. The maximum Gasteiger partial charge on any atom is 0.229 e. The molecular formula is C19H16ClNOS2. The highest BCUT2D eigenvalue weighted by atomic mass is 35.5. The molecule has 122 valence electrons. The first-order chi connectivity index (χ1) is 11.7. The number of rotatable bonds is 6. The molecule has 0 bridgehead atoms. The van der Waals surface area contributed by atoms with Crippen LogP contribution < -0.4 is 5.32 Å². The van der Waals surface area contributed by atoms with Crippen LogP contribution >= 0.6 is 34.7 Å². The lowest BCUT2D eigenvalue weighted by Gasteiger charge is -2.10. The third kappa shape index (κ3) is 4.87. The predicted octanol–water partition coefficient (Wildman–Crippen LogP) is 5.88. The van der Waals surface area contributed by atoms with E-state index in [0.717, 1.165) is 26.2 Å². The van der Waals surface area contributed by atoms with Crippen molar-refractivity contribution in [3.63, 3.8) is 0 Å². The summed E-state index contributed by atoms with van der Waals surface area (Å²) in [5.74, 6) is 0.839. The van der Waals surface area contributed by atoms with Crippen LogP contribution in [-0.4, -0.2) is 5.91 Å². The summed E-state index contributed by atoms with van der Waals surface area (Å²) in [6.07, 6.45) is 0.411. The molecule has 0 radical (unpaired) electrons. The van der Waals surface area contributed by atoms with E-state index in [4.69, 9.17) is 11.6 Å². The molecule has 0 saturated carbocycles. The number of anilines is 1. The zero-order chi connectivity index (χ0) is 16.8. The number of para-hydroxylation sites is 1. The number of benzene rings is 2. The third-order valence-corrected chi connectivity index (χ3v) is 5.66. The molecule has 5 heteroatoms. The Balaban J connectivity index is 1.64. The predicted molar refractivity (Wildman–Crippen MR) is 104 cm³/mol. The zero-order valence-corrected chi connectivity index (χ0v) is 15.3. The number of hydrogen-bond acceptors (Lipinski definition) is 3. The van der Waals surface area contributed by atoms with Gasteiger partial charge in [-0.3, -0.25) is 4.79 Å². The number of thioether (sulfide) groups is 1. The van der Waals surface area contributed by atoms with Gasteiger partial charge >= 0.3 is 0 Å². The fourth-order valence-electron chi connectivity index (χ4n) is 2.20. The molecule has 2 aromatic carbocycles. The molecule has 1 aromatic heterocycles. The SMILES string of the molecule is O=C(Cc1cccs1)Nc1ccccc1SCc1ccc(Cl)cc1. The van der Waals surface area contributed by atoms with Crippen molar-refractivity contribution in [2.24, 2.45) is 0 Å². The fraction of sp³-hybridized carbons (Fsp3) is 0.105. The van der Waals surface area contributed by atoms with E-state index in [9.17, 15) is 4.79 Å². The first-order valence-electron chi connectivity index (χ1n) is 7.49. The van der Waals surface area contributed by atoms with Crippen LogP contribution in [0, 0.1) is 0 Å². The second kappa shape index (κ2) is 8.38. The van der Waals surface area contributed by atoms with Crippen LogP contribution in [0.25, 0.3) is 0 Å². The molecule has 0 aliphatic rings. The second-order valence-electron chi connectivity index (χ2n) is 5.22. The summed E-state index contributed by atoms with van der Waals surface area (Å²) in [5, 5.41) is 5.75. The summed E-state index contributed by atoms with van der Waals surface area (Å²) >= 11 is 9.21. The van der Waals surface area contributed by atoms with E-state index in [0.29, 0.717) is 6.42 Å². The lowest BCUT2D eigenvalue weighted by atomic mass is 10.2. The molecule has 2 nitrogen and oxygen atoms in total. The van der Waals surface area contributed by atoms with Gasteiger partial charge in [0.05, 0.1) is 12.1 Å². The molecule has 0 unspecified atom stereocenters. The Kier molecular flexibility index (Phi) is 5.96. The molecule has 3 rings (SSSR count). The van der Waals surface area contributed by atoms with Gasteiger partial charge in [0.1, 0.15) is 0 Å². The van der Waals surface area contributed by atoms with Gasteiger partial charge in [-0.1, -0.05) is 41.9 Å². The van der Waals surface area contributed by atoms with Crippen molar-refractivity contribution in [2.75, 3.05) is 5.32 Å². The number of carbonyl (C=O) groups is 1. The normalized spacial score (nSPS) is 10.5. The van der Waals surface area contributed by atoms with Gasteiger partial charge in [0, 0.05) is 20.5 Å². The van der Waals surface area contributed by atoms with Crippen LogP contribution in [0.4, 0.5) is 5.69 Å². The van der Waals surface area contributed by atoms with Gasteiger partial charge in [-0.25, -0.2) is 0 Å². The quantitative estimate of drug-likeness (QED) is 0.547. The van der Waals surface area contributed by atoms with Crippen LogP contribution in [0.5, 0.6) is 0 Å². The standard InChI is InChI=1S/C19H16ClNOS2/c20-15-9-7-14(8-10-15)13-24-18-6-2-1-5-17(18)21-19(22)12-16-4-3-11-23-16/h1-11H,12-13H2,(H,21,22). The minimum Gasteiger partial charge on any atom is -0.325 e. The summed E-state index contributed by atoms with van der Waals surface area (Å²) in [7, 11) is 0. The van der Waals surface area contributed by atoms with Crippen LogP contribution in [0.3, 0.4) is 0 Å². The summed E-state index contributed by atoms with van der Waals surface area (Å²) in [6.45, 7) is 0. The number of amides is 1. The highest BCUT2D eigenvalue weighted by Gasteiger charge is 2.09. The topological polar surface area (TPSA) is 29.1 Å². The summed E-state index contributed by atoms with van der Waals surface area (Å²) in [6, 6.07) is 19.7. The van der Waals surface area contributed by atoms with Gasteiger partial charge < -0.3 is 5.32 Å². The smallest absolute Gasteiger partial charge is 0.229 e. The van der Waals surface area contributed by atoms with Crippen molar-refractivity contribution < 1.29 is 4.79 Å². The van der Waals surface area contributed by atoms with E-state index >= 15 is 0 Å². The minimum absolute atomic E-state index is 0.0111. The van der Waals surface area contributed by atoms with Gasteiger partial charge in [-0.2, -0.15) is 0 Å². The van der Waals surface area contributed by atoms with Gasteiger partial charge in [-0.15, -0.1) is 23.1 Å². The van der Waals surface area contributed by atoms with Crippen LogP contribution in [0.2, 0.25) is 5.02 Å². The highest BCUT2D eigenvalue weighted by molar-refractivity contribution is 7.98. The first-order valence-corrected chi connectivity index (χ1v) is 9.73. The lowest BCUT2D eigenvalue weighted by Crippen LogP contribution is -2.14. The Labute approximate surface area is 154 Å². The maximum absolute atomic E-state index is 12.2. The number of thiophene rings is 1. The number of hydrogen-bond donors (Lipinski definition) is 1. The molecule has 1 heterocycles. The van der Waals surface area contributed by atoms with Crippen molar-refractivity contribution in [3.8, 4) is 0 Å². The summed E-state index contributed by atoms with van der Waals surface area (Å²) in [5.41, 5.74) is 2.06. The minimum atomic E-state index is 0.0111. The monoisotopic (exact) mass is 373 g/mol. The Bertz CT molecular complexity index is 800. The average molecular weight is 374 g/mol. The van der Waals surface area contributed by atoms with Crippen LogP contribution in [0.1, 0.15) is 10.4 Å². The van der Waals surface area contributed by atoms with Crippen molar-refractivity contribution in [3.05, 3.63) is 81.5 Å². The van der Waals surface area contributed by atoms with Crippen molar-refractivity contribution in [1.29, 1.82) is 0 Å². The second-order valence-corrected chi connectivity index (χ2v) is 7.70. The molecule has 1 N–H and O–H groups in total. The molecule has 0 aliphatic carbocycles. The van der Waals surface area contributed by atoms with E-state index in [-0.39, 0.29) is 5.91 Å². The Morgan fingerprint density at radius 3 is 2.58 bits per heavy atom. The largest absolute Gasteiger partial charge is 0.325 e. The summed E-state index contributed by atoms with van der Waals surface area (Å²) < 4.78 is 0. The van der Waals surface area contributed by atoms with Gasteiger partial charge in [0.25, 0.3) is 0 Å². The van der Waals surface area contributed by atoms with Crippen LogP contribution in [-0.2, 0) is 17.0 Å². The number of nitrogens with one attached hydrogen (secondary N) is 1. The van der Waals surface area contributed by atoms with Crippen molar-refractivity contribution in [2.45, 2.75) is 17.1 Å². The van der Waals surface area contributed by atoms with Crippen molar-refractivity contribution in [1.82, 2.24) is 0 Å². The number of halogens is 1. The fourth-order valence-corrected chi connectivity index (χ4v) is 4.00.